The molecular weight excluding hydrogens is 316 g/mol. The molecule has 1 atom stereocenters. The van der Waals surface area contributed by atoms with Gasteiger partial charge in [-0.15, -0.1) is 11.3 Å². The molecule has 0 bridgehead atoms. The second-order valence-corrected chi connectivity index (χ2v) is 6.72. The first-order chi connectivity index (χ1) is 11.0. The Balaban J connectivity index is 1.71. The van der Waals surface area contributed by atoms with Gasteiger partial charge in [0, 0.05) is 10.9 Å². The molecule has 0 aromatic carbocycles. The zero-order chi connectivity index (χ0) is 16.7. The molecule has 7 heteroatoms. The molecule has 126 valence electrons. The third-order valence-electron chi connectivity index (χ3n) is 3.75. The van der Waals surface area contributed by atoms with Crippen LogP contribution in [0.4, 0.5) is 4.79 Å². The number of carbonyl (C=O) groups excluding carboxylic acids is 3. The highest BCUT2D eigenvalue weighted by molar-refractivity contribution is 7.10. The lowest BCUT2D eigenvalue weighted by molar-refractivity contribution is -0.153. The number of imide groups is 1. The Morgan fingerprint density at radius 3 is 2.70 bits per heavy atom. The monoisotopic (exact) mass is 338 g/mol. The molecule has 0 saturated heterocycles. The van der Waals surface area contributed by atoms with E-state index >= 15 is 0 Å². The lowest BCUT2D eigenvalue weighted by Gasteiger charge is -2.23. The van der Waals surface area contributed by atoms with Crippen molar-refractivity contribution in [2.45, 2.75) is 57.6 Å². The number of urea groups is 1. The average molecular weight is 338 g/mol. The minimum Gasteiger partial charge on any atom is -0.452 e. The summed E-state index contributed by atoms with van der Waals surface area (Å²) in [4.78, 5) is 36.3. The van der Waals surface area contributed by atoms with Crippen LogP contribution in [0.3, 0.4) is 0 Å². The number of hydrogen-bond acceptors (Lipinski definition) is 5. The van der Waals surface area contributed by atoms with Crippen molar-refractivity contribution < 1.29 is 19.1 Å². The molecule has 1 heterocycles. The Morgan fingerprint density at radius 1 is 1.30 bits per heavy atom. The van der Waals surface area contributed by atoms with Gasteiger partial charge in [-0.2, -0.15) is 0 Å². The molecule has 3 amide bonds. The largest absolute Gasteiger partial charge is 0.452 e. The van der Waals surface area contributed by atoms with Gasteiger partial charge in [-0.1, -0.05) is 25.3 Å². The van der Waals surface area contributed by atoms with E-state index in [1.165, 1.54) is 24.7 Å². The number of rotatable bonds is 5. The second kappa shape index (κ2) is 8.67. The Bertz CT molecular complexity index is 538. The number of ether oxygens (including phenoxy) is 1. The molecule has 1 aromatic rings. The fourth-order valence-corrected chi connectivity index (χ4v) is 3.22. The minimum atomic E-state index is -1.00. The predicted octanol–water partition coefficient (Wildman–Crippen LogP) is 2.38. The fourth-order valence-electron chi connectivity index (χ4n) is 2.53. The first-order valence-corrected chi connectivity index (χ1v) is 8.76. The summed E-state index contributed by atoms with van der Waals surface area (Å²) in [6, 6.07) is 3.27. The molecule has 0 aliphatic heterocycles. The summed E-state index contributed by atoms with van der Waals surface area (Å²) >= 11 is 1.45. The van der Waals surface area contributed by atoms with Crippen LogP contribution in [0.25, 0.3) is 0 Å². The number of thiophene rings is 1. The van der Waals surface area contributed by atoms with Gasteiger partial charge >= 0.3 is 12.0 Å². The highest BCUT2D eigenvalue weighted by Gasteiger charge is 2.22. The Morgan fingerprint density at radius 2 is 2.04 bits per heavy atom. The van der Waals surface area contributed by atoms with Gasteiger partial charge in [0.15, 0.2) is 6.10 Å². The van der Waals surface area contributed by atoms with Gasteiger partial charge in [-0.25, -0.2) is 4.79 Å². The number of amides is 3. The van der Waals surface area contributed by atoms with Gasteiger partial charge in [-0.05, 0) is 31.2 Å². The predicted molar refractivity (Wildman–Crippen MR) is 87.1 cm³/mol. The number of nitrogens with one attached hydrogen (secondary N) is 2. The molecule has 1 fully saturated rings. The lowest BCUT2D eigenvalue weighted by atomic mass is 9.96. The van der Waals surface area contributed by atoms with Crippen molar-refractivity contribution in [2.75, 3.05) is 0 Å². The maximum Gasteiger partial charge on any atom is 0.321 e. The van der Waals surface area contributed by atoms with Gasteiger partial charge in [0.25, 0.3) is 5.91 Å². The van der Waals surface area contributed by atoms with Crippen molar-refractivity contribution >= 4 is 29.2 Å². The molecule has 0 spiro atoms. The Labute approximate surface area is 139 Å². The van der Waals surface area contributed by atoms with Crippen molar-refractivity contribution in [3.63, 3.8) is 0 Å². The third kappa shape index (κ3) is 6.02. The maximum absolute atomic E-state index is 11.9. The van der Waals surface area contributed by atoms with Crippen molar-refractivity contribution in [3.8, 4) is 0 Å². The summed E-state index contributed by atoms with van der Waals surface area (Å²) in [6.07, 6.45) is 4.38. The second-order valence-electron chi connectivity index (χ2n) is 5.69. The van der Waals surface area contributed by atoms with E-state index in [-0.39, 0.29) is 12.5 Å². The van der Waals surface area contributed by atoms with E-state index in [4.69, 9.17) is 4.74 Å². The first-order valence-electron chi connectivity index (χ1n) is 7.88. The summed E-state index contributed by atoms with van der Waals surface area (Å²) in [6.45, 7) is 1.45. The van der Waals surface area contributed by atoms with Crippen molar-refractivity contribution in [2.24, 2.45) is 0 Å². The van der Waals surface area contributed by atoms with Crippen LogP contribution in [0.1, 0.15) is 43.9 Å². The minimum absolute atomic E-state index is 0.119. The summed E-state index contributed by atoms with van der Waals surface area (Å²) < 4.78 is 5.05. The summed E-state index contributed by atoms with van der Waals surface area (Å²) in [7, 11) is 0. The number of carbonyl (C=O) groups is 3. The quantitative estimate of drug-likeness (QED) is 0.807. The SMILES string of the molecule is C[C@@H](OC(=O)Cc1cccs1)C(=O)NC(=O)NC1CCCCC1. The van der Waals surface area contributed by atoms with Crippen molar-refractivity contribution in [3.05, 3.63) is 22.4 Å². The molecule has 0 radical (unpaired) electrons. The van der Waals surface area contributed by atoms with E-state index in [1.807, 2.05) is 17.5 Å². The van der Waals surface area contributed by atoms with Gasteiger partial charge in [-0.3, -0.25) is 14.9 Å². The van der Waals surface area contributed by atoms with Gasteiger partial charge < -0.3 is 10.1 Å². The van der Waals surface area contributed by atoms with Gasteiger partial charge in [0.2, 0.25) is 0 Å². The number of esters is 1. The Kier molecular flexibility index (Phi) is 6.58. The summed E-state index contributed by atoms with van der Waals surface area (Å²) in [5, 5.41) is 6.88. The third-order valence-corrected chi connectivity index (χ3v) is 4.63. The van der Waals surface area contributed by atoms with Crippen LogP contribution >= 0.6 is 11.3 Å². The molecule has 1 aromatic heterocycles. The van der Waals surface area contributed by atoms with Gasteiger partial charge in [0.05, 0.1) is 6.42 Å². The van der Waals surface area contributed by atoms with Crippen LogP contribution in [0.15, 0.2) is 17.5 Å². The van der Waals surface area contributed by atoms with Crippen LogP contribution in [-0.2, 0) is 20.7 Å². The van der Waals surface area contributed by atoms with E-state index in [0.29, 0.717) is 0 Å². The smallest absolute Gasteiger partial charge is 0.321 e. The molecule has 0 unspecified atom stereocenters. The number of hydrogen-bond donors (Lipinski definition) is 2. The van der Waals surface area contributed by atoms with Crippen LogP contribution in [0, 0.1) is 0 Å². The zero-order valence-electron chi connectivity index (χ0n) is 13.2. The highest BCUT2D eigenvalue weighted by Crippen LogP contribution is 2.17. The molecule has 1 saturated carbocycles. The average Bonchev–Trinajstić information content (AvgIpc) is 3.00. The summed E-state index contributed by atoms with van der Waals surface area (Å²) in [5.74, 6) is -1.10. The molecule has 23 heavy (non-hydrogen) atoms. The maximum atomic E-state index is 11.9. The molecule has 1 aliphatic carbocycles. The normalized spacial score (nSPS) is 16.4. The molecular formula is C16H22N2O4S. The van der Waals surface area contributed by atoms with E-state index in [9.17, 15) is 14.4 Å². The topological polar surface area (TPSA) is 84.5 Å². The van der Waals surface area contributed by atoms with E-state index in [0.717, 1.165) is 30.6 Å². The molecule has 2 rings (SSSR count). The summed E-state index contributed by atoms with van der Waals surface area (Å²) in [5.41, 5.74) is 0. The van der Waals surface area contributed by atoms with Crippen LogP contribution in [-0.4, -0.2) is 30.1 Å². The van der Waals surface area contributed by atoms with Crippen LogP contribution < -0.4 is 10.6 Å². The highest BCUT2D eigenvalue weighted by atomic mass is 32.1. The van der Waals surface area contributed by atoms with E-state index in [1.54, 1.807) is 0 Å². The van der Waals surface area contributed by atoms with E-state index in [2.05, 4.69) is 10.6 Å². The first kappa shape index (κ1) is 17.5. The molecule has 2 N–H and O–H groups in total. The fraction of sp³-hybridized carbons (Fsp3) is 0.562. The van der Waals surface area contributed by atoms with Gasteiger partial charge in [0.1, 0.15) is 0 Å². The van der Waals surface area contributed by atoms with Crippen molar-refractivity contribution in [1.29, 1.82) is 0 Å². The molecule has 1 aliphatic rings. The van der Waals surface area contributed by atoms with Crippen LogP contribution in [0.2, 0.25) is 0 Å². The standard InChI is InChI=1S/C16H22N2O4S/c1-11(22-14(19)10-13-8-5-9-23-13)15(20)18-16(21)17-12-6-3-2-4-7-12/h5,8-9,11-12H,2-4,6-7,10H2,1H3,(H2,17,18,20,21)/t11-/m1/s1. The van der Waals surface area contributed by atoms with Crippen LogP contribution in [0.5, 0.6) is 0 Å². The lowest BCUT2D eigenvalue weighted by Crippen LogP contribution is -2.48. The van der Waals surface area contributed by atoms with Crippen molar-refractivity contribution in [1.82, 2.24) is 10.6 Å². The molecule has 6 nitrogen and oxygen atoms in total. The van der Waals surface area contributed by atoms with E-state index < -0.39 is 24.0 Å². The zero-order valence-corrected chi connectivity index (χ0v) is 14.0. The Hall–Kier alpha value is -1.89.